The fourth-order valence-electron chi connectivity index (χ4n) is 10.3. The second kappa shape index (κ2) is 28.7. The Morgan fingerprint density at radius 3 is 2.29 bits per heavy atom. The van der Waals surface area contributed by atoms with Crippen molar-refractivity contribution in [3.8, 4) is 0 Å². The zero-order valence-corrected chi connectivity index (χ0v) is 43.6. The van der Waals surface area contributed by atoms with Crippen molar-refractivity contribution >= 4 is 29.2 Å². The van der Waals surface area contributed by atoms with Gasteiger partial charge < -0.3 is 38.8 Å². The predicted octanol–water partition coefficient (Wildman–Crippen LogP) is 6.68. The van der Waals surface area contributed by atoms with Crippen molar-refractivity contribution in [2.45, 2.75) is 187 Å². The normalized spacial score (nSPS) is 27.3. The zero-order valence-electron chi connectivity index (χ0n) is 43.6. The molecule has 1 aromatic rings. The number of nitrogens with zero attached hydrogens (tertiary/aromatic N) is 5. The number of hydrogen-bond acceptors (Lipinski definition) is 15. The average molecular weight is 982 g/mol. The fraction of sp³-hybridized carbons (Fsp3) is 0.736. The number of ketones is 3. The molecule has 0 spiro atoms. The van der Waals surface area contributed by atoms with E-state index in [4.69, 9.17) is 23.7 Å². The van der Waals surface area contributed by atoms with Crippen molar-refractivity contribution in [3.05, 3.63) is 53.9 Å². The van der Waals surface area contributed by atoms with E-state index in [0.717, 1.165) is 31.3 Å². The van der Waals surface area contributed by atoms with Crippen LogP contribution in [0.1, 0.15) is 138 Å². The minimum absolute atomic E-state index is 0.0250. The number of allylic oxidation sites excluding steroid dienone is 6. The van der Waals surface area contributed by atoms with E-state index in [2.05, 4.69) is 15.5 Å². The fourth-order valence-corrected chi connectivity index (χ4v) is 10.3. The quantitative estimate of drug-likeness (QED) is 0.0428. The van der Waals surface area contributed by atoms with Crippen LogP contribution in [0.3, 0.4) is 0 Å². The zero-order chi connectivity index (χ0) is 51.7. The molecule has 4 rings (SSSR count). The Hall–Kier alpha value is -4.26. The summed E-state index contributed by atoms with van der Waals surface area (Å²) in [5.74, 6) is -3.59. The van der Waals surface area contributed by atoms with Crippen LogP contribution in [0.5, 0.6) is 0 Å². The van der Waals surface area contributed by atoms with E-state index in [1.807, 2.05) is 65.0 Å². The number of ether oxygens (including phenoxy) is 5. The van der Waals surface area contributed by atoms with Gasteiger partial charge in [0.1, 0.15) is 36.5 Å². The molecule has 1 amide bonds. The van der Waals surface area contributed by atoms with Gasteiger partial charge in [-0.05, 0) is 117 Å². The van der Waals surface area contributed by atoms with Crippen LogP contribution in [0.4, 0.5) is 0 Å². The Bertz CT molecular complexity index is 1970. The number of tetrazole rings is 1. The molecule has 1 saturated carbocycles. The van der Waals surface area contributed by atoms with Crippen molar-refractivity contribution in [1.82, 2.24) is 25.1 Å². The van der Waals surface area contributed by atoms with Crippen LogP contribution in [0, 0.1) is 35.5 Å². The van der Waals surface area contributed by atoms with Gasteiger partial charge in [-0.15, -0.1) is 5.10 Å². The molecule has 0 bridgehead atoms. The third-order valence-electron chi connectivity index (χ3n) is 14.8. The molecule has 1 aromatic heterocycles. The number of likely N-dealkylation sites (tertiary alicyclic amines) is 1. The van der Waals surface area contributed by atoms with Gasteiger partial charge in [0.2, 0.25) is 5.78 Å². The van der Waals surface area contributed by atoms with E-state index in [1.165, 1.54) is 18.9 Å². The SMILES string of the molecule is CO[C@@H](C[C@@H]1CC[C@@H](C)[C@@H](O)O1)/C(C)=C/C=C/C=C/[C@@H](C)C[C@@H](C)C(=O)[C@H](OC)[C@H](O)/C(C)=C/[C@@H](C)C(=O)C[C@H](OC(=O)C1CCCCN1C(=O)C(C)=O)[C@H](C)CC1CC[C@H](n2cnnn2)[C@H](OC)C1. The van der Waals surface area contributed by atoms with Crippen LogP contribution >= 0.6 is 0 Å². The standard InChI is InChI=1S/C53H83N5O12/c1-32(17-13-12-14-18-33(2)45(66-9)29-41-22-20-34(3)52(64)69-41)25-37(6)48(61)50(68-11)49(62)38(7)26-35(4)44(60)30-46(70-53(65)43-19-15-16-24-57(43)51(63)39(8)59)36(5)27-40-21-23-42(47(28-40)67-10)58-31-54-55-56-58/h12-14,17-18,26,31-32,34-37,40-43,45-47,49-50,52,62,64H,15-16,19-25,27-30H2,1-11H3/b14-12+,17-13+,33-18+,38-26+/t32-,34-,35-,36-,37-,40?,41+,42+,43?,45+,46+,47-,49-,50+,52+/m1/s1. The Morgan fingerprint density at radius 2 is 1.64 bits per heavy atom. The number of aliphatic hydroxyl groups is 2. The highest BCUT2D eigenvalue weighted by molar-refractivity contribution is 6.35. The topological polar surface area (TPSA) is 219 Å². The largest absolute Gasteiger partial charge is 0.460 e. The first kappa shape index (κ1) is 58.3. The maximum absolute atomic E-state index is 14.1. The molecular weight excluding hydrogens is 899 g/mol. The highest BCUT2D eigenvalue weighted by Gasteiger charge is 2.40. The van der Waals surface area contributed by atoms with Gasteiger partial charge in [0.25, 0.3) is 5.91 Å². The smallest absolute Gasteiger partial charge is 0.329 e. The Kier molecular flexibility index (Phi) is 23.9. The van der Waals surface area contributed by atoms with Gasteiger partial charge in [-0.1, -0.05) is 71.1 Å². The second-order valence-corrected chi connectivity index (χ2v) is 20.4. The molecule has 2 unspecified atom stereocenters. The first-order valence-corrected chi connectivity index (χ1v) is 25.4. The number of amides is 1. The molecule has 17 nitrogen and oxygen atoms in total. The third-order valence-corrected chi connectivity index (χ3v) is 14.8. The van der Waals surface area contributed by atoms with Gasteiger partial charge in [-0.3, -0.25) is 19.2 Å². The van der Waals surface area contributed by atoms with Gasteiger partial charge in [-0.2, -0.15) is 0 Å². The van der Waals surface area contributed by atoms with E-state index in [0.29, 0.717) is 50.5 Å². The molecule has 2 aliphatic heterocycles. The molecule has 70 heavy (non-hydrogen) atoms. The van der Waals surface area contributed by atoms with Crippen LogP contribution < -0.4 is 0 Å². The number of carbonyl (C=O) groups is 5. The molecule has 3 heterocycles. The van der Waals surface area contributed by atoms with E-state index in [9.17, 15) is 34.2 Å². The first-order valence-electron chi connectivity index (χ1n) is 25.4. The number of aliphatic hydroxyl groups excluding tert-OH is 2. The molecule has 392 valence electrons. The van der Waals surface area contributed by atoms with Crippen molar-refractivity contribution in [2.24, 2.45) is 35.5 Å². The van der Waals surface area contributed by atoms with Crippen molar-refractivity contribution < 1.29 is 57.9 Å². The lowest BCUT2D eigenvalue weighted by molar-refractivity contribution is -0.195. The van der Waals surface area contributed by atoms with Crippen LogP contribution in [-0.2, 0) is 47.7 Å². The van der Waals surface area contributed by atoms with Crippen molar-refractivity contribution in [3.63, 3.8) is 0 Å². The van der Waals surface area contributed by atoms with Crippen molar-refractivity contribution in [1.29, 1.82) is 0 Å². The van der Waals surface area contributed by atoms with E-state index < -0.39 is 60.1 Å². The Balaban J connectivity index is 1.38. The van der Waals surface area contributed by atoms with Crippen LogP contribution in [0.2, 0.25) is 0 Å². The summed E-state index contributed by atoms with van der Waals surface area (Å²) < 4.78 is 30.9. The van der Waals surface area contributed by atoms with Crippen molar-refractivity contribution in [2.75, 3.05) is 27.9 Å². The highest BCUT2D eigenvalue weighted by atomic mass is 16.6. The van der Waals surface area contributed by atoms with Gasteiger partial charge in [0, 0.05) is 65.4 Å². The molecule has 0 aromatic carbocycles. The minimum atomic E-state index is -1.31. The lowest BCUT2D eigenvalue weighted by atomic mass is 9.77. The van der Waals surface area contributed by atoms with E-state index >= 15 is 0 Å². The molecular formula is C53H83N5O12. The lowest BCUT2D eigenvalue weighted by Gasteiger charge is -2.38. The number of carbonyl (C=O) groups excluding carboxylic acids is 5. The lowest BCUT2D eigenvalue weighted by Crippen LogP contribution is -2.51. The third kappa shape index (κ3) is 16.9. The number of Topliss-reactive ketones (excluding diaryl/α,β-unsaturated/α-hetero) is 3. The Morgan fingerprint density at radius 1 is 0.900 bits per heavy atom. The van der Waals surface area contributed by atoms with E-state index in [-0.39, 0.29) is 72.6 Å². The van der Waals surface area contributed by atoms with Crippen LogP contribution in [0.15, 0.2) is 53.9 Å². The summed E-state index contributed by atoms with van der Waals surface area (Å²) in [6.45, 7) is 14.6. The van der Waals surface area contributed by atoms with Gasteiger partial charge in [0.15, 0.2) is 12.1 Å². The molecule has 3 aliphatic rings. The highest BCUT2D eigenvalue weighted by Crippen LogP contribution is 2.38. The summed E-state index contributed by atoms with van der Waals surface area (Å²) in [6, 6.07) is -0.958. The molecule has 15 atom stereocenters. The summed E-state index contributed by atoms with van der Waals surface area (Å²) in [6.07, 6.45) is 16.2. The molecule has 3 fully saturated rings. The summed E-state index contributed by atoms with van der Waals surface area (Å²) >= 11 is 0. The minimum Gasteiger partial charge on any atom is -0.460 e. The molecule has 17 heteroatoms. The van der Waals surface area contributed by atoms with Gasteiger partial charge in [-0.25, -0.2) is 9.48 Å². The number of hydrogen-bond donors (Lipinski definition) is 2. The number of methoxy groups -OCH3 is 3. The summed E-state index contributed by atoms with van der Waals surface area (Å²) in [4.78, 5) is 68.1. The summed E-state index contributed by atoms with van der Waals surface area (Å²) in [7, 11) is 4.72. The Labute approximate surface area is 415 Å². The van der Waals surface area contributed by atoms with Gasteiger partial charge in [0.05, 0.1) is 24.4 Å². The molecule has 0 radical (unpaired) electrons. The number of esters is 1. The van der Waals surface area contributed by atoms with Crippen LogP contribution in [0.25, 0.3) is 0 Å². The predicted molar refractivity (Wildman–Crippen MR) is 263 cm³/mol. The van der Waals surface area contributed by atoms with Crippen LogP contribution in [-0.4, -0.2) is 141 Å². The first-order chi connectivity index (χ1) is 33.3. The monoisotopic (exact) mass is 982 g/mol. The van der Waals surface area contributed by atoms with Gasteiger partial charge >= 0.3 is 5.97 Å². The summed E-state index contributed by atoms with van der Waals surface area (Å²) in [5.41, 5.74) is 1.44. The maximum Gasteiger partial charge on any atom is 0.329 e. The molecule has 2 saturated heterocycles. The molecule has 2 N–H and O–H groups in total. The maximum atomic E-state index is 14.1. The number of rotatable bonds is 26. The van der Waals surface area contributed by atoms with E-state index in [1.54, 1.807) is 45.2 Å². The number of piperidine rings is 1. The summed E-state index contributed by atoms with van der Waals surface area (Å²) in [5, 5.41) is 33.3. The molecule has 1 aliphatic carbocycles. The number of aromatic nitrogens is 4. The average Bonchev–Trinajstić information content (AvgIpc) is 3.88. The second-order valence-electron chi connectivity index (χ2n) is 20.4.